The molecule has 6 aliphatic rings. The van der Waals surface area contributed by atoms with Crippen LogP contribution in [0.1, 0.15) is 114 Å². The lowest BCUT2D eigenvalue weighted by Crippen LogP contribution is -2.70. The Balaban J connectivity index is 1.39. The fourth-order valence-electron chi connectivity index (χ4n) is 11.9. The second-order valence-corrected chi connectivity index (χ2v) is 16.7. The Morgan fingerprint density at radius 3 is 2.43 bits per heavy atom. The monoisotopic (exact) mass is 584 g/mol. The molecule has 1 aliphatic heterocycles. The van der Waals surface area contributed by atoms with Gasteiger partial charge in [0.05, 0.1) is 12.0 Å². The Labute approximate surface area is 254 Å². The molecule has 0 radical (unpaired) electrons. The minimum Gasteiger partial charge on any atom is -0.438 e. The van der Waals surface area contributed by atoms with Crippen LogP contribution in [-0.2, 0) is 28.5 Å². The molecular weight excluding hydrogens is 528 g/mol. The molecule has 1 saturated heterocycles. The molecule has 0 aromatic carbocycles. The number of hydrogen-bond acceptors (Lipinski definition) is 6. The van der Waals surface area contributed by atoms with Gasteiger partial charge in [0.2, 0.25) is 0 Å². The highest BCUT2D eigenvalue weighted by Crippen LogP contribution is 2.76. The second kappa shape index (κ2) is 9.88. The Bertz CT molecular complexity index is 1160. The van der Waals surface area contributed by atoms with Crippen LogP contribution in [0.2, 0.25) is 0 Å². The molecule has 0 aromatic rings. The molecule has 0 N–H and O–H groups in total. The number of carbonyl (C=O) groups excluding carboxylic acids is 2. The third-order valence-electron chi connectivity index (χ3n) is 14.5. The lowest BCUT2D eigenvalue weighted by molar-refractivity contribution is -0.336. The van der Waals surface area contributed by atoms with Crippen molar-refractivity contribution < 1.29 is 28.5 Å². The number of Topliss-reactive ketones (excluding diaryl/α,β-unsaturated/α-hetero) is 1. The minimum absolute atomic E-state index is 0.0219. The largest absolute Gasteiger partial charge is 0.438 e. The zero-order valence-electron chi connectivity index (χ0n) is 27.8. The average molecular weight is 585 g/mol. The maximum Gasteiger partial charge on any atom is 0.314 e. The van der Waals surface area contributed by atoms with Gasteiger partial charge in [0, 0.05) is 18.4 Å². The molecule has 42 heavy (non-hydrogen) atoms. The summed E-state index contributed by atoms with van der Waals surface area (Å²) in [6, 6.07) is 0. The summed E-state index contributed by atoms with van der Waals surface area (Å²) in [6.07, 6.45) is 9.74. The first-order valence-electron chi connectivity index (χ1n) is 16.9. The summed E-state index contributed by atoms with van der Waals surface area (Å²) >= 11 is 0. The van der Waals surface area contributed by atoms with E-state index < -0.39 is 17.3 Å². The van der Waals surface area contributed by atoms with Gasteiger partial charge >= 0.3 is 5.97 Å². The number of fused-ring (bicyclic) bond motifs is 9. The number of allylic oxidation sites excluding steroid dienone is 2. The molecule has 1 heterocycles. The van der Waals surface area contributed by atoms with E-state index in [9.17, 15) is 9.59 Å². The van der Waals surface area contributed by atoms with Gasteiger partial charge in [0.1, 0.15) is 6.10 Å². The molecule has 11 atom stereocenters. The van der Waals surface area contributed by atoms with Crippen molar-refractivity contribution in [2.24, 2.45) is 56.7 Å². The number of hydrogen-bond donors (Lipinski definition) is 0. The van der Waals surface area contributed by atoms with Crippen LogP contribution in [0.25, 0.3) is 0 Å². The van der Waals surface area contributed by atoms with Crippen molar-refractivity contribution in [3.8, 4) is 0 Å². The summed E-state index contributed by atoms with van der Waals surface area (Å²) in [5.74, 6) is 1.40. The van der Waals surface area contributed by atoms with Crippen LogP contribution < -0.4 is 0 Å². The van der Waals surface area contributed by atoms with Crippen LogP contribution >= 0.6 is 0 Å². The van der Waals surface area contributed by atoms with Gasteiger partial charge in [0.25, 0.3) is 0 Å². The highest BCUT2D eigenvalue weighted by molar-refractivity contribution is 5.86. The van der Waals surface area contributed by atoms with E-state index in [2.05, 4.69) is 47.6 Å². The smallest absolute Gasteiger partial charge is 0.314 e. The highest BCUT2D eigenvalue weighted by atomic mass is 16.7. The SMILES string of the molecule is CCOCOC(=O)[C@]12CC[C@@H](C)[C@H](C)C1C1=CCC3[C@@]4(C)CC(=O)[C@@H]5OC(C)(C)OC[C@@]5(C)C4CC[C@@]3(C)[C@]1(C)CC2. The van der Waals surface area contributed by atoms with E-state index in [0.717, 1.165) is 44.9 Å². The van der Waals surface area contributed by atoms with Gasteiger partial charge in [-0.2, -0.15) is 0 Å². The van der Waals surface area contributed by atoms with Crippen LogP contribution in [0.4, 0.5) is 0 Å². The maximum absolute atomic E-state index is 14.0. The Morgan fingerprint density at radius 2 is 1.71 bits per heavy atom. The van der Waals surface area contributed by atoms with Crippen LogP contribution in [0.3, 0.4) is 0 Å². The normalized spacial score (nSPS) is 51.2. The molecule has 236 valence electrons. The molecule has 0 aromatic heterocycles. The van der Waals surface area contributed by atoms with Gasteiger partial charge in [-0.25, -0.2) is 0 Å². The Morgan fingerprint density at radius 1 is 0.976 bits per heavy atom. The summed E-state index contributed by atoms with van der Waals surface area (Å²) in [5, 5.41) is 0. The lowest BCUT2D eigenvalue weighted by Gasteiger charge is -2.71. The number of ketones is 1. The number of esters is 1. The van der Waals surface area contributed by atoms with E-state index in [1.165, 1.54) is 5.57 Å². The third kappa shape index (κ3) is 3.99. The second-order valence-electron chi connectivity index (χ2n) is 16.7. The van der Waals surface area contributed by atoms with Crippen molar-refractivity contribution in [3.63, 3.8) is 0 Å². The number of rotatable bonds is 4. The number of carbonyl (C=O) groups is 2. The summed E-state index contributed by atoms with van der Waals surface area (Å²) in [6.45, 7) is 21.4. The highest BCUT2D eigenvalue weighted by Gasteiger charge is 2.72. The first-order chi connectivity index (χ1) is 19.6. The van der Waals surface area contributed by atoms with Crippen LogP contribution in [-0.4, -0.2) is 43.7 Å². The predicted octanol–water partition coefficient (Wildman–Crippen LogP) is 7.49. The fraction of sp³-hybridized carbons (Fsp3) is 0.889. The minimum atomic E-state index is -0.723. The van der Waals surface area contributed by atoms with Gasteiger partial charge in [0.15, 0.2) is 18.4 Å². The van der Waals surface area contributed by atoms with Crippen molar-refractivity contribution in [1.29, 1.82) is 0 Å². The van der Waals surface area contributed by atoms with Gasteiger partial charge in [-0.3, -0.25) is 9.59 Å². The lowest BCUT2D eigenvalue weighted by atomic mass is 9.33. The van der Waals surface area contributed by atoms with E-state index >= 15 is 0 Å². The average Bonchev–Trinajstić information content (AvgIpc) is 2.92. The maximum atomic E-state index is 14.0. The van der Waals surface area contributed by atoms with Gasteiger partial charge in [-0.05, 0) is 112 Å². The van der Waals surface area contributed by atoms with Crippen molar-refractivity contribution in [2.75, 3.05) is 20.0 Å². The summed E-state index contributed by atoms with van der Waals surface area (Å²) in [4.78, 5) is 27.9. The van der Waals surface area contributed by atoms with E-state index in [1.54, 1.807) is 0 Å². The summed E-state index contributed by atoms with van der Waals surface area (Å²) < 4.78 is 23.9. The van der Waals surface area contributed by atoms with Gasteiger partial charge in [-0.15, -0.1) is 0 Å². The van der Waals surface area contributed by atoms with Gasteiger partial charge < -0.3 is 18.9 Å². The molecule has 0 bridgehead atoms. The third-order valence-corrected chi connectivity index (χ3v) is 14.5. The van der Waals surface area contributed by atoms with Crippen LogP contribution in [0.15, 0.2) is 11.6 Å². The number of ether oxygens (including phenoxy) is 4. The molecule has 4 saturated carbocycles. The fourth-order valence-corrected chi connectivity index (χ4v) is 11.9. The predicted molar refractivity (Wildman–Crippen MR) is 161 cm³/mol. The van der Waals surface area contributed by atoms with E-state index in [4.69, 9.17) is 18.9 Å². The molecule has 5 fully saturated rings. The molecule has 0 spiro atoms. The molecular formula is C36H56O6. The zero-order valence-corrected chi connectivity index (χ0v) is 27.8. The van der Waals surface area contributed by atoms with Crippen LogP contribution in [0, 0.1) is 56.7 Å². The molecule has 6 rings (SSSR count). The molecule has 3 unspecified atom stereocenters. The summed E-state index contributed by atoms with van der Waals surface area (Å²) in [5.41, 5.74) is 0.633. The van der Waals surface area contributed by atoms with Crippen molar-refractivity contribution in [2.45, 2.75) is 126 Å². The molecule has 5 aliphatic carbocycles. The Hall–Kier alpha value is -1.24. The van der Waals surface area contributed by atoms with Crippen molar-refractivity contribution >= 4 is 11.8 Å². The van der Waals surface area contributed by atoms with E-state index in [-0.39, 0.29) is 46.1 Å². The van der Waals surface area contributed by atoms with E-state index in [1.807, 2.05) is 20.8 Å². The Kier molecular flexibility index (Phi) is 7.24. The van der Waals surface area contributed by atoms with Crippen LogP contribution in [0.5, 0.6) is 0 Å². The first kappa shape index (κ1) is 30.8. The summed E-state index contributed by atoms with van der Waals surface area (Å²) in [7, 11) is 0. The van der Waals surface area contributed by atoms with E-state index in [0.29, 0.717) is 43.3 Å². The topological polar surface area (TPSA) is 71.1 Å². The molecule has 0 amide bonds. The zero-order chi connectivity index (χ0) is 30.5. The van der Waals surface area contributed by atoms with Crippen molar-refractivity contribution in [1.82, 2.24) is 0 Å². The first-order valence-corrected chi connectivity index (χ1v) is 16.9. The molecule has 6 nitrogen and oxygen atoms in total. The standard InChI is InChI=1S/C36H56O6/c1-10-39-21-40-30(38)36-16-13-22(2)23(3)28(36)24-11-12-27-32(6)19-25(37)29-33(7,20-41-31(4,5)42-29)26(32)14-15-35(27,9)34(24,8)17-18-36/h11,22-23,26-29H,10,12-21H2,1-9H3/t22-,23+,26?,27?,28?,29+,32+,33+,34-,35-,36+/m1/s1. The molecule has 6 heteroatoms. The van der Waals surface area contributed by atoms with Gasteiger partial charge in [-0.1, -0.05) is 53.2 Å². The van der Waals surface area contributed by atoms with Crippen molar-refractivity contribution in [3.05, 3.63) is 11.6 Å². The quantitative estimate of drug-likeness (QED) is 0.148.